The standard InChI is InChI=1S/C14H21NO3S/c1-3-8-17-12-4-6-13(7-5-12)18-9-10-19-11(2)14(15)16/h4-7,11H,3,8-10H2,1-2H3,(H2,15,16)/t11-/m1/s1. The highest BCUT2D eigenvalue weighted by atomic mass is 32.2. The number of ether oxygens (including phenoxy) is 2. The van der Waals surface area contributed by atoms with Crippen LogP contribution in [0.2, 0.25) is 0 Å². The van der Waals surface area contributed by atoms with Crippen LogP contribution in [0.25, 0.3) is 0 Å². The Labute approximate surface area is 118 Å². The molecule has 0 spiro atoms. The van der Waals surface area contributed by atoms with Gasteiger partial charge in [-0.15, -0.1) is 11.8 Å². The number of thioether (sulfide) groups is 1. The van der Waals surface area contributed by atoms with Gasteiger partial charge in [0.1, 0.15) is 11.5 Å². The summed E-state index contributed by atoms with van der Waals surface area (Å²) in [5, 5.41) is -0.173. The molecule has 1 aromatic rings. The predicted octanol–water partition coefficient (Wildman–Crippen LogP) is 2.46. The maximum absolute atomic E-state index is 10.8. The van der Waals surface area contributed by atoms with Crippen LogP contribution >= 0.6 is 11.8 Å². The maximum atomic E-state index is 10.8. The molecule has 0 saturated heterocycles. The highest BCUT2D eigenvalue weighted by Gasteiger charge is 2.08. The Morgan fingerprint density at radius 3 is 2.21 bits per heavy atom. The Kier molecular flexibility index (Phi) is 7.18. The summed E-state index contributed by atoms with van der Waals surface area (Å²) in [5.74, 6) is 2.10. The largest absolute Gasteiger partial charge is 0.494 e. The molecule has 0 fully saturated rings. The minimum Gasteiger partial charge on any atom is -0.494 e. The molecule has 106 valence electrons. The molecule has 1 atom stereocenters. The van der Waals surface area contributed by atoms with Gasteiger partial charge in [-0.2, -0.15) is 0 Å². The van der Waals surface area contributed by atoms with Crippen molar-refractivity contribution in [2.45, 2.75) is 25.5 Å². The number of carbonyl (C=O) groups is 1. The van der Waals surface area contributed by atoms with Crippen LogP contribution < -0.4 is 15.2 Å². The number of nitrogens with two attached hydrogens (primary N) is 1. The van der Waals surface area contributed by atoms with Gasteiger partial charge < -0.3 is 15.2 Å². The van der Waals surface area contributed by atoms with Crippen molar-refractivity contribution >= 4 is 17.7 Å². The zero-order valence-electron chi connectivity index (χ0n) is 11.4. The van der Waals surface area contributed by atoms with Gasteiger partial charge in [0.05, 0.1) is 18.5 Å². The quantitative estimate of drug-likeness (QED) is 0.707. The Morgan fingerprint density at radius 2 is 1.74 bits per heavy atom. The van der Waals surface area contributed by atoms with Gasteiger partial charge in [-0.1, -0.05) is 6.92 Å². The number of hydrogen-bond acceptors (Lipinski definition) is 4. The second kappa shape index (κ2) is 8.69. The fourth-order valence-electron chi connectivity index (χ4n) is 1.32. The number of hydrogen-bond donors (Lipinski definition) is 1. The lowest BCUT2D eigenvalue weighted by Crippen LogP contribution is -2.23. The van der Waals surface area contributed by atoms with Crippen LogP contribution in [-0.4, -0.2) is 30.1 Å². The molecule has 1 aromatic carbocycles. The van der Waals surface area contributed by atoms with Gasteiger partial charge in [0.25, 0.3) is 0 Å². The van der Waals surface area contributed by atoms with Gasteiger partial charge in [-0.25, -0.2) is 0 Å². The Bertz CT molecular complexity index is 381. The molecule has 0 aliphatic rings. The normalized spacial score (nSPS) is 11.9. The summed E-state index contributed by atoms with van der Waals surface area (Å²) < 4.78 is 11.0. The average molecular weight is 283 g/mol. The van der Waals surface area contributed by atoms with E-state index in [1.807, 2.05) is 24.3 Å². The number of primary amides is 1. The Morgan fingerprint density at radius 1 is 1.21 bits per heavy atom. The van der Waals surface area contributed by atoms with E-state index in [2.05, 4.69) is 6.92 Å². The second-order valence-corrected chi connectivity index (χ2v) is 5.53. The van der Waals surface area contributed by atoms with Crippen LogP contribution in [0.3, 0.4) is 0 Å². The molecule has 0 aliphatic carbocycles. The molecule has 0 unspecified atom stereocenters. The zero-order chi connectivity index (χ0) is 14.1. The average Bonchev–Trinajstić information content (AvgIpc) is 2.42. The maximum Gasteiger partial charge on any atom is 0.230 e. The van der Waals surface area contributed by atoms with Crippen molar-refractivity contribution in [3.8, 4) is 11.5 Å². The smallest absolute Gasteiger partial charge is 0.230 e. The lowest BCUT2D eigenvalue weighted by molar-refractivity contribution is -0.117. The molecule has 1 rings (SSSR count). The van der Waals surface area contributed by atoms with Crippen molar-refractivity contribution in [3.63, 3.8) is 0 Å². The molecule has 19 heavy (non-hydrogen) atoms. The minimum atomic E-state index is -0.289. The van der Waals surface area contributed by atoms with Gasteiger partial charge >= 0.3 is 0 Å². The van der Waals surface area contributed by atoms with Crippen molar-refractivity contribution in [2.24, 2.45) is 5.73 Å². The van der Waals surface area contributed by atoms with E-state index >= 15 is 0 Å². The minimum absolute atomic E-state index is 0.173. The van der Waals surface area contributed by atoms with E-state index < -0.39 is 0 Å². The highest BCUT2D eigenvalue weighted by molar-refractivity contribution is 8.00. The third-order valence-corrected chi connectivity index (χ3v) is 3.55. The van der Waals surface area contributed by atoms with Crippen LogP contribution in [0, 0.1) is 0 Å². The van der Waals surface area contributed by atoms with Crippen molar-refractivity contribution in [3.05, 3.63) is 24.3 Å². The number of amides is 1. The molecular weight excluding hydrogens is 262 g/mol. The van der Waals surface area contributed by atoms with Crippen molar-refractivity contribution in [2.75, 3.05) is 19.0 Å². The summed E-state index contributed by atoms with van der Waals surface area (Å²) in [4.78, 5) is 10.8. The van der Waals surface area contributed by atoms with E-state index in [-0.39, 0.29) is 11.2 Å². The lowest BCUT2D eigenvalue weighted by Gasteiger charge is -2.09. The molecule has 4 nitrogen and oxygen atoms in total. The SMILES string of the molecule is CCCOc1ccc(OCCS[C@H](C)C(N)=O)cc1. The first-order chi connectivity index (χ1) is 9.13. The Hall–Kier alpha value is -1.36. The summed E-state index contributed by atoms with van der Waals surface area (Å²) in [7, 11) is 0. The van der Waals surface area contributed by atoms with E-state index in [1.54, 1.807) is 6.92 Å². The van der Waals surface area contributed by atoms with Crippen LogP contribution in [0.5, 0.6) is 11.5 Å². The number of carbonyl (C=O) groups excluding carboxylic acids is 1. The first-order valence-corrected chi connectivity index (χ1v) is 7.45. The number of benzene rings is 1. The van der Waals surface area contributed by atoms with E-state index in [0.717, 1.165) is 30.3 Å². The zero-order valence-corrected chi connectivity index (χ0v) is 12.2. The molecule has 0 aromatic heterocycles. The van der Waals surface area contributed by atoms with Gasteiger partial charge in [-0.05, 0) is 37.6 Å². The van der Waals surface area contributed by atoms with E-state index in [4.69, 9.17) is 15.2 Å². The van der Waals surface area contributed by atoms with Crippen LogP contribution in [0.1, 0.15) is 20.3 Å². The van der Waals surface area contributed by atoms with Crippen molar-refractivity contribution in [1.29, 1.82) is 0 Å². The Balaban J connectivity index is 2.24. The third kappa shape index (κ3) is 6.38. The first kappa shape index (κ1) is 15.7. The highest BCUT2D eigenvalue weighted by Crippen LogP contribution is 2.18. The summed E-state index contributed by atoms with van der Waals surface area (Å²) in [6, 6.07) is 7.55. The molecule has 5 heteroatoms. The van der Waals surface area contributed by atoms with Gasteiger partial charge in [0, 0.05) is 5.75 Å². The van der Waals surface area contributed by atoms with Crippen LogP contribution in [0.15, 0.2) is 24.3 Å². The topological polar surface area (TPSA) is 61.6 Å². The van der Waals surface area contributed by atoms with Crippen molar-refractivity contribution in [1.82, 2.24) is 0 Å². The van der Waals surface area contributed by atoms with Gasteiger partial charge in [0.2, 0.25) is 5.91 Å². The van der Waals surface area contributed by atoms with Crippen LogP contribution in [0.4, 0.5) is 0 Å². The summed E-state index contributed by atoms with van der Waals surface area (Å²) in [6.45, 7) is 5.15. The van der Waals surface area contributed by atoms with Crippen LogP contribution in [-0.2, 0) is 4.79 Å². The van der Waals surface area contributed by atoms with E-state index in [1.165, 1.54) is 11.8 Å². The van der Waals surface area contributed by atoms with Gasteiger partial charge in [-0.3, -0.25) is 4.79 Å². The fourth-order valence-corrected chi connectivity index (χ4v) is 2.02. The summed E-state index contributed by atoms with van der Waals surface area (Å²) >= 11 is 1.49. The monoisotopic (exact) mass is 283 g/mol. The first-order valence-electron chi connectivity index (χ1n) is 6.40. The summed E-state index contributed by atoms with van der Waals surface area (Å²) in [5.41, 5.74) is 5.17. The molecule has 0 bridgehead atoms. The molecular formula is C14H21NO3S. The van der Waals surface area contributed by atoms with Gasteiger partial charge in [0.15, 0.2) is 0 Å². The number of rotatable bonds is 9. The molecule has 0 radical (unpaired) electrons. The molecule has 1 amide bonds. The fraction of sp³-hybridized carbons (Fsp3) is 0.500. The predicted molar refractivity (Wildman–Crippen MR) is 78.8 cm³/mol. The molecule has 0 saturated carbocycles. The van der Waals surface area contributed by atoms with E-state index in [9.17, 15) is 4.79 Å². The molecule has 0 aliphatic heterocycles. The summed E-state index contributed by atoms with van der Waals surface area (Å²) in [6.07, 6.45) is 0.994. The molecule has 0 heterocycles. The second-order valence-electron chi connectivity index (χ2n) is 4.08. The molecule has 2 N–H and O–H groups in total. The third-order valence-electron chi connectivity index (χ3n) is 2.42. The van der Waals surface area contributed by atoms with E-state index in [0.29, 0.717) is 6.61 Å². The van der Waals surface area contributed by atoms with Crippen molar-refractivity contribution < 1.29 is 14.3 Å². The lowest BCUT2D eigenvalue weighted by atomic mass is 10.3.